The molecule has 0 saturated heterocycles. The van der Waals surface area contributed by atoms with Crippen LogP contribution < -0.4 is 15.2 Å². The number of nitrogens with one attached hydrogen (secondary N) is 2. The Morgan fingerprint density at radius 2 is 2.00 bits per heavy atom. The molecular weight excluding hydrogens is 306 g/mol. The average Bonchev–Trinajstić information content (AvgIpc) is 2.76. The van der Waals surface area contributed by atoms with Crippen LogP contribution in [0.1, 0.15) is 5.56 Å². The predicted molar refractivity (Wildman–Crippen MR) is 81.4 cm³/mol. The summed E-state index contributed by atoms with van der Waals surface area (Å²) in [5.74, 6) is -0.0861. The van der Waals surface area contributed by atoms with Gasteiger partial charge in [-0.25, -0.2) is 8.42 Å². The lowest BCUT2D eigenvalue weighted by Crippen LogP contribution is -2.20. The molecule has 1 aromatic carbocycles. The van der Waals surface area contributed by atoms with Crippen LogP contribution in [0.2, 0.25) is 0 Å². The summed E-state index contributed by atoms with van der Waals surface area (Å²) in [5, 5.41) is 0. The first-order valence-corrected chi connectivity index (χ1v) is 7.97. The molecule has 114 valence electrons. The highest BCUT2D eigenvalue weighted by Crippen LogP contribution is 2.30. The molecule has 8 heteroatoms. The van der Waals surface area contributed by atoms with E-state index in [0.717, 1.165) is 0 Å². The third kappa shape index (κ3) is 2.37. The molecule has 7 nitrogen and oxygen atoms in total. The molecular formula is C14H13N3O4S. The minimum atomic E-state index is -3.89. The molecule has 2 heterocycles. The third-order valence-corrected chi connectivity index (χ3v) is 4.86. The number of hydrogen-bond acceptors (Lipinski definition) is 4. The monoisotopic (exact) mass is 319 g/mol. The number of H-pyrrole nitrogens is 1. The van der Waals surface area contributed by atoms with E-state index >= 15 is 0 Å². The number of aromatic amines is 1. The summed E-state index contributed by atoms with van der Waals surface area (Å²) in [4.78, 5) is 27.1. The van der Waals surface area contributed by atoms with Crippen molar-refractivity contribution < 1.29 is 13.2 Å². The highest BCUT2D eigenvalue weighted by atomic mass is 32.2. The van der Waals surface area contributed by atoms with E-state index in [1.807, 2.05) is 0 Å². The number of pyridine rings is 1. The van der Waals surface area contributed by atoms with Gasteiger partial charge in [0.25, 0.3) is 15.6 Å². The number of anilines is 2. The molecule has 2 aromatic rings. The van der Waals surface area contributed by atoms with Gasteiger partial charge in [0.05, 0.1) is 11.3 Å². The van der Waals surface area contributed by atoms with Crippen LogP contribution in [0.15, 0.2) is 46.2 Å². The van der Waals surface area contributed by atoms with Gasteiger partial charge in [-0.1, -0.05) is 0 Å². The summed E-state index contributed by atoms with van der Waals surface area (Å²) in [6.07, 6.45) is 1.58. The zero-order chi connectivity index (χ0) is 15.9. The second-order valence-electron chi connectivity index (χ2n) is 4.94. The maximum absolute atomic E-state index is 12.4. The smallest absolute Gasteiger partial charge is 0.272 e. The van der Waals surface area contributed by atoms with Gasteiger partial charge in [0.2, 0.25) is 5.91 Å². The predicted octanol–water partition coefficient (Wildman–Crippen LogP) is 0.695. The fourth-order valence-corrected chi connectivity index (χ4v) is 3.43. The molecule has 22 heavy (non-hydrogen) atoms. The van der Waals surface area contributed by atoms with Crippen LogP contribution in [0.25, 0.3) is 0 Å². The average molecular weight is 319 g/mol. The van der Waals surface area contributed by atoms with Gasteiger partial charge in [0.15, 0.2) is 0 Å². The van der Waals surface area contributed by atoms with E-state index in [-0.39, 0.29) is 22.9 Å². The largest absolute Gasteiger partial charge is 0.327 e. The molecule has 0 spiro atoms. The second kappa shape index (κ2) is 4.99. The van der Waals surface area contributed by atoms with Crippen LogP contribution in [0.4, 0.5) is 11.4 Å². The van der Waals surface area contributed by atoms with Crippen LogP contribution in [-0.4, -0.2) is 26.4 Å². The standard InChI is InChI=1S/C14H13N3O4S/c1-17-12-5-4-10(7-9(12)8-13(17)18)22(20,21)16-11-3-2-6-15-14(11)19/h2-7,16H,8H2,1H3,(H,15,19). The van der Waals surface area contributed by atoms with Crippen LogP contribution in [0.5, 0.6) is 0 Å². The second-order valence-corrected chi connectivity index (χ2v) is 6.62. The summed E-state index contributed by atoms with van der Waals surface area (Å²) in [6.45, 7) is 0. The molecule has 1 aromatic heterocycles. The van der Waals surface area contributed by atoms with Crippen molar-refractivity contribution >= 4 is 27.3 Å². The molecule has 1 aliphatic rings. The van der Waals surface area contributed by atoms with E-state index in [2.05, 4.69) is 9.71 Å². The SMILES string of the molecule is CN1C(=O)Cc2cc(S(=O)(=O)Nc3ccc[nH]c3=O)ccc21. The number of carbonyl (C=O) groups excluding carboxylic acids is 1. The molecule has 1 aliphatic heterocycles. The van der Waals surface area contributed by atoms with E-state index in [9.17, 15) is 18.0 Å². The van der Waals surface area contributed by atoms with Crippen molar-refractivity contribution in [3.8, 4) is 0 Å². The molecule has 0 unspecified atom stereocenters. The zero-order valence-corrected chi connectivity index (χ0v) is 12.5. The Balaban J connectivity index is 1.98. The molecule has 2 N–H and O–H groups in total. The lowest BCUT2D eigenvalue weighted by Gasteiger charge is -2.11. The number of carbonyl (C=O) groups is 1. The van der Waals surface area contributed by atoms with Crippen molar-refractivity contribution in [3.63, 3.8) is 0 Å². The lowest BCUT2D eigenvalue weighted by molar-refractivity contribution is -0.117. The molecule has 0 radical (unpaired) electrons. The Morgan fingerprint density at radius 1 is 1.23 bits per heavy atom. The maximum Gasteiger partial charge on any atom is 0.272 e. The van der Waals surface area contributed by atoms with Gasteiger partial charge in [0, 0.05) is 18.9 Å². The van der Waals surface area contributed by atoms with Gasteiger partial charge in [0.1, 0.15) is 5.69 Å². The Labute approximate surface area is 126 Å². The normalized spacial score (nSPS) is 14.0. The first-order valence-electron chi connectivity index (χ1n) is 6.48. The summed E-state index contributed by atoms with van der Waals surface area (Å²) in [6, 6.07) is 7.35. The fraction of sp³-hybridized carbons (Fsp3) is 0.143. The maximum atomic E-state index is 12.4. The first-order chi connectivity index (χ1) is 10.4. The van der Waals surface area contributed by atoms with Crippen LogP contribution in [-0.2, 0) is 21.2 Å². The Bertz CT molecular complexity index is 918. The van der Waals surface area contributed by atoms with Gasteiger partial charge in [-0.05, 0) is 35.9 Å². The number of likely N-dealkylation sites (N-methyl/N-ethyl adjacent to an activating group) is 1. The molecule has 1 amide bonds. The summed E-state index contributed by atoms with van der Waals surface area (Å²) >= 11 is 0. The first kappa shape index (κ1) is 14.3. The molecule has 0 atom stereocenters. The van der Waals surface area contributed by atoms with E-state index in [4.69, 9.17) is 0 Å². The topological polar surface area (TPSA) is 99.3 Å². The molecule has 0 saturated carbocycles. The minimum Gasteiger partial charge on any atom is -0.327 e. The van der Waals surface area contributed by atoms with Crippen molar-refractivity contribution in [1.82, 2.24) is 4.98 Å². The van der Waals surface area contributed by atoms with Crippen LogP contribution in [0.3, 0.4) is 0 Å². The van der Waals surface area contributed by atoms with Crippen molar-refractivity contribution in [3.05, 3.63) is 52.4 Å². The molecule has 3 rings (SSSR count). The molecule has 0 aliphatic carbocycles. The van der Waals surface area contributed by atoms with Crippen LogP contribution >= 0.6 is 0 Å². The van der Waals surface area contributed by atoms with Crippen molar-refractivity contribution in [1.29, 1.82) is 0 Å². The Morgan fingerprint density at radius 3 is 2.73 bits per heavy atom. The number of hydrogen-bond donors (Lipinski definition) is 2. The van der Waals surface area contributed by atoms with Gasteiger partial charge >= 0.3 is 0 Å². The van der Waals surface area contributed by atoms with Gasteiger partial charge in [-0.2, -0.15) is 0 Å². The van der Waals surface area contributed by atoms with E-state index < -0.39 is 15.6 Å². The molecule has 0 bridgehead atoms. The number of aromatic nitrogens is 1. The van der Waals surface area contributed by atoms with E-state index in [1.165, 1.54) is 35.4 Å². The Hall–Kier alpha value is -2.61. The number of sulfonamides is 1. The number of nitrogens with zero attached hydrogens (tertiary/aromatic N) is 1. The minimum absolute atomic E-state index is 0.0117. The highest BCUT2D eigenvalue weighted by molar-refractivity contribution is 7.92. The zero-order valence-electron chi connectivity index (χ0n) is 11.7. The number of rotatable bonds is 3. The Kier molecular flexibility index (Phi) is 3.25. The molecule has 0 fully saturated rings. The van der Waals surface area contributed by atoms with Crippen molar-refractivity contribution in [2.45, 2.75) is 11.3 Å². The van der Waals surface area contributed by atoms with E-state index in [0.29, 0.717) is 11.3 Å². The van der Waals surface area contributed by atoms with Gasteiger partial charge < -0.3 is 9.88 Å². The highest BCUT2D eigenvalue weighted by Gasteiger charge is 2.26. The lowest BCUT2D eigenvalue weighted by atomic mass is 10.2. The van der Waals surface area contributed by atoms with E-state index in [1.54, 1.807) is 13.1 Å². The number of fused-ring (bicyclic) bond motifs is 1. The van der Waals surface area contributed by atoms with Crippen molar-refractivity contribution in [2.75, 3.05) is 16.7 Å². The summed E-state index contributed by atoms with van der Waals surface area (Å²) in [7, 11) is -2.25. The summed E-state index contributed by atoms with van der Waals surface area (Å²) < 4.78 is 27.0. The summed E-state index contributed by atoms with van der Waals surface area (Å²) in [5.41, 5.74) is 0.761. The number of amides is 1. The fourth-order valence-electron chi connectivity index (χ4n) is 2.32. The van der Waals surface area contributed by atoms with Gasteiger partial charge in [-0.3, -0.25) is 14.3 Å². The van der Waals surface area contributed by atoms with Crippen LogP contribution in [0, 0.1) is 0 Å². The van der Waals surface area contributed by atoms with Gasteiger partial charge in [-0.15, -0.1) is 0 Å². The third-order valence-electron chi connectivity index (χ3n) is 3.50. The quantitative estimate of drug-likeness (QED) is 0.869. The van der Waals surface area contributed by atoms with Crippen molar-refractivity contribution in [2.24, 2.45) is 0 Å². The number of benzene rings is 1.